The van der Waals surface area contributed by atoms with E-state index in [-0.39, 0.29) is 0 Å². The van der Waals surface area contributed by atoms with Crippen LogP contribution < -0.4 is 0 Å². The number of halogens is 1. The Kier molecular flexibility index (Phi) is 4.76. The maximum Gasteiger partial charge on any atom is 0.111 e. The van der Waals surface area contributed by atoms with Crippen LogP contribution in [0.4, 0.5) is 0 Å². The van der Waals surface area contributed by atoms with Gasteiger partial charge in [0, 0.05) is 5.33 Å². The van der Waals surface area contributed by atoms with E-state index in [1.807, 2.05) is 0 Å². The van der Waals surface area contributed by atoms with Gasteiger partial charge in [-0.1, -0.05) is 29.1 Å². The van der Waals surface area contributed by atoms with E-state index in [0.29, 0.717) is 12.4 Å². The average Bonchev–Trinajstić information content (AvgIpc) is 1.83. The number of alkyl halides is 1. The highest BCUT2D eigenvalue weighted by molar-refractivity contribution is 9.09. The first-order chi connectivity index (χ1) is 3.81. The van der Waals surface area contributed by atoms with E-state index >= 15 is 0 Å². The van der Waals surface area contributed by atoms with E-state index in [1.165, 1.54) is 0 Å². The molecule has 0 bridgehead atoms. The summed E-state index contributed by atoms with van der Waals surface area (Å²) in [5.74, 6) is 0.629. The van der Waals surface area contributed by atoms with Crippen LogP contribution >= 0.6 is 15.9 Å². The van der Waals surface area contributed by atoms with Crippen molar-refractivity contribution in [2.45, 2.75) is 0 Å². The minimum Gasteiger partial charge on any atom is -0.493 e. The Morgan fingerprint density at radius 2 is 2.38 bits per heavy atom. The topological polar surface area (TPSA) is 9.23 Å². The first kappa shape index (κ1) is 7.76. The molecule has 0 saturated heterocycles. The second-order valence-electron chi connectivity index (χ2n) is 1.21. The van der Waals surface area contributed by atoms with Crippen LogP contribution in [0.15, 0.2) is 25.0 Å². The highest BCUT2D eigenvalue weighted by Gasteiger charge is 1.82. The quantitative estimate of drug-likeness (QED) is 0.363. The van der Waals surface area contributed by atoms with E-state index in [4.69, 9.17) is 4.74 Å². The first-order valence-corrected chi connectivity index (χ1v) is 3.43. The molecule has 0 amide bonds. The fourth-order valence-electron chi connectivity index (χ4n) is 0.229. The minimum absolute atomic E-state index is 0.629. The maximum atomic E-state index is 4.98. The molecule has 0 N–H and O–H groups in total. The van der Waals surface area contributed by atoms with E-state index in [9.17, 15) is 0 Å². The van der Waals surface area contributed by atoms with Gasteiger partial charge in [0.1, 0.15) is 5.76 Å². The molecule has 1 nitrogen and oxygen atoms in total. The van der Waals surface area contributed by atoms with Crippen molar-refractivity contribution in [2.24, 2.45) is 0 Å². The van der Waals surface area contributed by atoms with Gasteiger partial charge in [-0.3, -0.25) is 0 Å². The molecule has 0 radical (unpaired) electrons. The van der Waals surface area contributed by atoms with Crippen molar-refractivity contribution in [2.75, 3.05) is 11.9 Å². The zero-order valence-electron chi connectivity index (χ0n) is 4.69. The summed E-state index contributed by atoms with van der Waals surface area (Å²) in [6.45, 7) is 7.68. The second kappa shape index (κ2) is 4.91. The SMILES string of the molecule is C=CC(=C)OCCBr. The summed E-state index contributed by atoms with van der Waals surface area (Å²) in [6, 6.07) is 0. The molecule has 0 aromatic carbocycles. The van der Waals surface area contributed by atoms with Crippen molar-refractivity contribution < 1.29 is 4.74 Å². The summed E-state index contributed by atoms with van der Waals surface area (Å²) in [7, 11) is 0. The van der Waals surface area contributed by atoms with Crippen molar-refractivity contribution in [3.05, 3.63) is 25.0 Å². The third-order valence-electron chi connectivity index (χ3n) is 0.592. The molecular formula is C6H9BrO. The summed E-state index contributed by atoms with van der Waals surface area (Å²) in [5.41, 5.74) is 0. The van der Waals surface area contributed by atoms with Crippen LogP contribution in [0.25, 0.3) is 0 Å². The van der Waals surface area contributed by atoms with E-state index in [0.717, 1.165) is 5.33 Å². The van der Waals surface area contributed by atoms with Crippen LogP contribution in [0.1, 0.15) is 0 Å². The van der Waals surface area contributed by atoms with Gasteiger partial charge >= 0.3 is 0 Å². The Labute approximate surface area is 58.2 Å². The summed E-state index contributed by atoms with van der Waals surface area (Å²) >= 11 is 3.21. The number of allylic oxidation sites excluding steroid dienone is 1. The first-order valence-electron chi connectivity index (χ1n) is 2.31. The van der Waals surface area contributed by atoms with E-state index in [1.54, 1.807) is 6.08 Å². The Morgan fingerprint density at radius 1 is 1.75 bits per heavy atom. The molecule has 2 heteroatoms. The fraction of sp³-hybridized carbons (Fsp3) is 0.333. The van der Waals surface area contributed by atoms with Crippen molar-refractivity contribution in [3.8, 4) is 0 Å². The van der Waals surface area contributed by atoms with Gasteiger partial charge in [-0.25, -0.2) is 0 Å². The van der Waals surface area contributed by atoms with Crippen molar-refractivity contribution in [1.82, 2.24) is 0 Å². The maximum absolute atomic E-state index is 4.98. The summed E-state index contributed by atoms with van der Waals surface area (Å²) < 4.78 is 4.98. The number of rotatable bonds is 4. The lowest BCUT2D eigenvalue weighted by molar-refractivity contribution is 0.248. The predicted octanol–water partition coefficient (Wildman–Crippen LogP) is 2.10. The van der Waals surface area contributed by atoms with Crippen molar-refractivity contribution in [1.29, 1.82) is 0 Å². The Balaban J connectivity index is 3.11. The number of ether oxygens (including phenoxy) is 1. The fourth-order valence-corrected chi connectivity index (χ4v) is 0.390. The van der Waals surface area contributed by atoms with Gasteiger partial charge in [0.05, 0.1) is 6.61 Å². The molecule has 46 valence electrons. The van der Waals surface area contributed by atoms with Gasteiger partial charge in [0.25, 0.3) is 0 Å². The second-order valence-corrected chi connectivity index (χ2v) is 2.00. The molecule has 0 unspecified atom stereocenters. The monoisotopic (exact) mass is 176 g/mol. The molecule has 0 aromatic rings. The normalized spacial score (nSPS) is 8.12. The zero-order valence-corrected chi connectivity index (χ0v) is 6.28. The van der Waals surface area contributed by atoms with Gasteiger partial charge in [0.2, 0.25) is 0 Å². The smallest absolute Gasteiger partial charge is 0.111 e. The van der Waals surface area contributed by atoms with Crippen LogP contribution in [-0.4, -0.2) is 11.9 Å². The van der Waals surface area contributed by atoms with Gasteiger partial charge in [0.15, 0.2) is 0 Å². The average molecular weight is 177 g/mol. The summed E-state index contributed by atoms with van der Waals surface area (Å²) in [5, 5.41) is 0.833. The highest BCUT2D eigenvalue weighted by Crippen LogP contribution is 1.93. The molecule has 0 rings (SSSR count). The Hall–Kier alpha value is -0.240. The van der Waals surface area contributed by atoms with Crippen LogP contribution in [0.5, 0.6) is 0 Å². The molecule has 0 saturated carbocycles. The van der Waals surface area contributed by atoms with E-state index < -0.39 is 0 Å². The van der Waals surface area contributed by atoms with E-state index in [2.05, 4.69) is 29.1 Å². The molecule has 0 aliphatic heterocycles. The van der Waals surface area contributed by atoms with Crippen LogP contribution in [0.3, 0.4) is 0 Å². The summed E-state index contributed by atoms with van der Waals surface area (Å²) in [4.78, 5) is 0. The molecule has 0 spiro atoms. The zero-order chi connectivity index (χ0) is 6.41. The van der Waals surface area contributed by atoms with Gasteiger partial charge in [-0.2, -0.15) is 0 Å². The predicted molar refractivity (Wildman–Crippen MR) is 39.1 cm³/mol. The molecule has 0 aliphatic rings. The number of hydrogen-bond donors (Lipinski definition) is 0. The summed E-state index contributed by atoms with van der Waals surface area (Å²) in [6.07, 6.45) is 1.59. The highest BCUT2D eigenvalue weighted by atomic mass is 79.9. The van der Waals surface area contributed by atoms with Gasteiger partial charge < -0.3 is 4.74 Å². The molecule has 0 heterocycles. The molecule has 0 fully saturated rings. The van der Waals surface area contributed by atoms with Crippen molar-refractivity contribution in [3.63, 3.8) is 0 Å². The molecular weight excluding hydrogens is 168 g/mol. The number of hydrogen-bond acceptors (Lipinski definition) is 1. The Morgan fingerprint density at radius 3 is 2.75 bits per heavy atom. The molecule has 8 heavy (non-hydrogen) atoms. The molecule has 0 aliphatic carbocycles. The lowest BCUT2D eigenvalue weighted by Gasteiger charge is -1.99. The van der Waals surface area contributed by atoms with Crippen LogP contribution in [-0.2, 0) is 4.74 Å². The van der Waals surface area contributed by atoms with Crippen LogP contribution in [0.2, 0.25) is 0 Å². The Bertz CT molecular complexity index is 88.5. The third kappa shape index (κ3) is 3.93. The largest absolute Gasteiger partial charge is 0.493 e. The van der Waals surface area contributed by atoms with Crippen molar-refractivity contribution >= 4 is 15.9 Å². The third-order valence-corrected chi connectivity index (χ3v) is 0.916. The standard InChI is InChI=1S/C6H9BrO/c1-3-6(2)8-5-4-7/h3H,1-2,4-5H2. The minimum atomic E-state index is 0.629. The van der Waals surface area contributed by atoms with Gasteiger partial charge in [-0.05, 0) is 6.08 Å². The molecule has 0 aromatic heterocycles. The lowest BCUT2D eigenvalue weighted by atomic mass is 10.5. The molecule has 0 atom stereocenters. The van der Waals surface area contributed by atoms with Gasteiger partial charge in [-0.15, -0.1) is 0 Å². The van der Waals surface area contributed by atoms with Crippen LogP contribution in [0, 0.1) is 0 Å². The lowest BCUT2D eigenvalue weighted by Crippen LogP contribution is -1.90.